The average molecular weight is 284 g/mol. The molecule has 0 saturated carbocycles. The van der Waals surface area contributed by atoms with Gasteiger partial charge in [0.15, 0.2) is 16.4 Å². The number of imidazole rings is 1. The van der Waals surface area contributed by atoms with Crippen LogP contribution in [0.4, 0.5) is 8.78 Å². The molecular formula is C12H10F2N2S2. The molecule has 6 heteroatoms. The smallest absolute Gasteiger partial charge is 0.184 e. The molecule has 18 heavy (non-hydrogen) atoms. The second-order valence-electron chi connectivity index (χ2n) is 3.60. The number of thioether (sulfide) groups is 1. The van der Waals surface area contributed by atoms with Gasteiger partial charge in [0.2, 0.25) is 0 Å². The van der Waals surface area contributed by atoms with E-state index in [9.17, 15) is 8.78 Å². The van der Waals surface area contributed by atoms with Crippen molar-refractivity contribution < 1.29 is 8.78 Å². The first kappa shape index (κ1) is 13.1. The summed E-state index contributed by atoms with van der Waals surface area (Å²) >= 11 is 6.65. The van der Waals surface area contributed by atoms with Crippen LogP contribution in [0.5, 0.6) is 0 Å². The Hall–Kier alpha value is -1.32. The summed E-state index contributed by atoms with van der Waals surface area (Å²) in [5.41, 5.74) is 0.683. The van der Waals surface area contributed by atoms with E-state index in [0.29, 0.717) is 28.3 Å². The third-order valence-electron chi connectivity index (χ3n) is 2.47. The molecule has 1 aromatic heterocycles. The van der Waals surface area contributed by atoms with Gasteiger partial charge in [0.05, 0.1) is 11.3 Å². The topological polar surface area (TPSA) is 20.7 Å². The van der Waals surface area contributed by atoms with E-state index < -0.39 is 11.6 Å². The average Bonchev–Trinajstić information content (AvgIpc) is 2.67. The molecule has 0 aliphatic heterocycles. The number of terminal acetylenes is 1. The van der Waals surface area contributed by atoms with E-state index in [1.165, 1.54) is 6.07 Å². The maximum absolute atomic E-state index is 13.7. The van der Waals surface area contributed by atoms with E-state index in [4.69, 9.17) is 18.6 Å². The van der Waals surface area contributed by atoms with Crippen LogP contribution in [0.2, 0.25) is 0 Å². The Bertz CT molecular complexity index is 667. The molecule has 1 N–H and O–H groups in total. The van der Waals surface area contributed by atoms with E-state index in [1.54, 1.807) is 16.3 Å². The number of aromatic amines is 1. The molecule has 0 aliphatic rings. The first-order chi connectivity index (χ1) is 8.65. The zero-order valence-electron chi connectivity index (χ0n) is 9.37. The fourth-order valence-electron chi connectivity index (χ4n) is 1.69. The number of nitrogens with one attached hydrogen (secondary N) is 1. The predicted octanol–water partition coefficient (Wildman–Crippen LogP) is 3.34. The molecular weight excluding hydrogens is 274 g/mol. The van der Waals surface area contributed by atoms with Gasteiger partial charge in [-0.25, -0.2) is 8.78 Å². The number of fused-ring (bicyclic) bond motifs is 1. The highest BCUT2D eigenvalue weighted by Crippen LogP contribution is 2.20. The number of nitrogens with zero attached hydrogens (tertiary/aromatic N) is 1. The lowest BCUT2D eigenvalue weighted by molar-refractivity contribution is 0.512. The van der Waals surface area contributed by atoms with Gasteiger partial charge in [0, 0.05) is 12.3 Å². The van der Waals surface area contributed by atoms with Gasteiger partial charge in [-0.2, -0.15) is 0 Å². The van der Waals surface area contributed by atoms with E-state index in [-0.39, 0.29) is 5.52 Å². The minimum atomic E-state index is -0.874. The van der Waals surface area contributed by atoms with Crippen LogP contribution in [-0.2, 0) is 6.54 Å². The van der Waals surface area contributed by atoms with Crippen LogP contribution in [-0.4, -0.2) is 21.1 Å². The number of aryl methyl sites for hydroxylation is 1. The minimum absolute atomic E-state index is 0.182. The quantitative estimate of drug-likeness (QED) is 0.528. The molecule has 0 atom stereocenters. The Morgan fingerprint density at radius 2 is 2.22 bits per heavy atom. The Labute approximate surface area is 112 Å². The fraction of sp³-hybridized carbons (Fsp3) is 0.250. The van der Waals surface area contributed by atoms with Gasteiger partial charge in [-0.3, -0.25) is 0 Å². The third-order valence-corrected chi connectivity index (χ3v) is 3.63. The summed E-state index contributed by atoms with van der Waals surface area (Å²) in [4.78, 5) is 2.86. The van der Waals surface area contributed by atoms with Crippen molar-refractivity contribution in [3.63, 3.8) is 0 Å². The third kappa shape index (κ3) is 2.42. The van der Waals surface area contributed by atoms with Crippen molar-refractivity contribution in [2.45, 2.75) is 6.54 Å². The summed E-state index contributed by atoms with van der Waals surface area (Å²) in [5.74, 6) is 2.04. The minimum Gasteiger partial charge on any atom is -0.330 e. The van der Waals surface area contributed by atoms with Gasteiger partial charge in [-0.05, 0) is 24.4 Å². The standard InChI is InChI=1S/C12H10F2N2S2/c1-2-6-18-7-5-16-11-9(15-12(16)17)4-3-8(13)10(11)14/h1,3-4H,5-7H2,(H,15,17). The molecule has 2 nitrogen and oxygen atoms in total. The van der Waals surface area contributed by atoms with Crippen LogP contribution in [0.1, 0.15) is 0 Å². The van der Waals surface area contributed by atoms with E-state index >= 15 is 0 Å². The second-order valence-corrected chi connectivity index (χ2v) is 5.09. The van der Waals surface area contributed by atoms with Gasteiger partial charge < -0.3 is 9.55 Å². The lowest BCUT2D eigenvalue weighted by atomic mass is 10.3. The first-order valence-electron chi connectivity index (χ1n) is 5.23. The van der Waals surface area contributed by atoms with Crippen molar-refractivity contribution in [3.8, 4) is 12.3 Å². The van der Waals surface area contributed by atoms with Gasteiger partial charge in [0.25, 0.3) is 0 Å². The Morgan fingerprint density at radius 1 is 1.44 bits per heavy atom. The largest absolute Gasteiger partial charge is 0.330 e. The van der Waals surface area contributed by atoms with Crippen molar-refractivity contribution in [1.82, 2.24) is 9.55 Å². The Balaban J connectivity index is 2.37. The van der Waals surface area contributed by atoms with Gasteiger partial charge in [0.1, 0.15) is 5.52 Å². The lowest BCUT2D eigenvalue weighted by Crippen LogP contribution is -2.02. The zero-order valence-corrected chi connectivity index (χ0v) is 11.0. The molecule has 0 fully saturated rings. The molecule has 0 radical (unpaired) electrons. The van der Waals surface area contributed by atoms with Crippen LogP contribution in [0, 0.1) is 28.7 Å². The summed E-state index contributed by atoms with van der Waals surface area (Å²) in [6.45, 7) is 0.492. The highest BCUT2D eigenvalue weighted by Gasteiger charge is 2.13. The molecule has 2 rings (SSSR count). The number of benzene rings is 1. The van der Waals surface area contributed by atoms with Crippen molar-refractivity contribution in [2.75, 3.05) is 11.5 Å². The van der Waals surface area contributed by atoms with Crippen molar-refractivity contribution in [3.05, 3.63) is 28.5 Å². The summed E-state index contributed by atoms with van der Waals surface area (Å²) < 4.78 is 28.9. The number of hydrogen-bond donors (Lipinski definition) is 1. The van der Waals surface area contributed by atoms with Crippen LogP contribution in [0.15, 0.2) is 12.1 Å². The van der Waals surface area contributed by atoms with Crippen LogP contribution >= 0.6 is 24.0 Å². The normalized spacial score (nSPS) is 10.7. The summed E-state index contributed by atoms with van der Waals surface area (Å²) in [6.07, 6.45) is 5.14. The monoisotopic (exact) mass is 284 g/mol. The molecule has 94 valence electrons. The highest BCUT2D eigenvalue weighted by molar-refractivity contribution is 7.99. The maximum Gasteiger partial charge on any atom is 0.184 e. The summed E-state index contributed by atoms with van der Waals surface area (Å²) in [6, 6.07) is 2.56. The number of H-pyrrole nitrogens is 1. The van der Waals surface area contributed by atoms with E-state index in [1.807, 2.05) is 0 Å². The lowest BCUT2D eigenvalue weighted by Gasteiger charge is -2.04. The van der Waals surface area contributed by atoms with Crippen molar-refractivity contribution in [1.29, 1.82) is 0 Å². The highest BCUT2D eigenvalue weighted by atomic mass is 32.2. The molecule has 0 unspecified atom stereocenters. The van der Waals surface area contributed by atoms with Crippen molar-refractivity contribution in [2.24, 2.45) is 0 Å². The molecule has 2 aromatic rings. The molecule has 0 spiro atoms. The van der Waals surface area contributed by atoms with E-state index in [2.05, 4.69) is 10.9 Å². The number of hydrogen-bond acceptors (Lipinski definition) is 2. The Morgan fingerprint density at radius 3 is 2.94 bits per heavy atom. The summed E-state index contributed by atoms with van der Waals surface area (Å²) in [5, 5.41) is 0. The van der Waals surface area contributed by atoms with Gasteiger partial charge in [-0.1, -0.05) is 5.92 Å². The van der Waals surface area contributed by atoms with Crippen LogP contribution in [0.25, 0.3) is 11.0 Å². The van der Waals surface area contributed by atoms with E-state index in [0.717, 1.165) is 6.07 Å². The summed E-state index contributed by atoms with van der Waals surface area (Å²) in [7, 11) is 0. The zero-order chi connectivity index (χ0) is 13.1. The second kappa shape index (κ2) is 5.55. The Kier molecular flexibility index (Phi) is 4.04. The molecule has 0 saturated heterocycles. The number of aromatic nitrogens is 2. The molecule has 0 amide bonds. The molecule has 0 bridgehead atoms. The van der Waals surface area contributed by atoms with Crippen molar-refractivity contribution >= 4 is 35.0 Å². The predicted molar refractivity (Wildman–Crippen MR) is 73.2 cm³/mol. The fourth-order valence-corrected chi connectivity index (χ4v) is 2.56. The molecule has 1 aromatic carbocycles. The van der Waals surface area contributed by atoms with Gasteiger partial charge >= 0.3 is 0 Å². The molecule has 1 heterocycles. The SMILES string of the molecule is C#CCSCCn1c(=S)[nH]c2ccc(F)c(F)c21. The molecule has 0 aliphatic carbocycles. The maximum atomic E-state index is 13.7. The number of halogens is 2. The number of rotatable bonds is 4. The first-order valence-corrected chi connectivity index (χ1v) is 6.79. The van der Waals surface area contributed by atoms with Crippen LogP contribution in [0.3, 0.4) is 0 Å². The van der Waals surface area contributed by atoms with Gasteiger partial charge in [-0.15, -0.1) is 18.2 Å². The van der Waals surface area contributed by atoms with Crippen LogP contribution < -0.4 is 0 Å².